The zero-order chi connectivity index (χ0) is 19.4. The first-order chi connectivity index (χ1) is 12.9. The summed E-state index contributed by atoms with van der Waals surface area (Å²) in [6.07, 6.45) is 0.704. The van der Waals surface area contributed by atoms with E-state index in [0.29, 0.717) is 18.7 Å². The molecule has 142 valence electrons. The van der Waals surface area contributed by atoms with E-state index in [1.54, 1.807) is 0 Å². The molecule has 1 fully saturated rings. The average Bonchev–Trinajstić information content (AvgIpc) is 3.43. The number of nitrogens with one attached hydrogen (secondary N) is 2. The molecule has 2 atom stereocenters. The van der Waals surface area contributed by atoms with Gasteiger partial charge >= 0.3 is 0 Å². The lowest BCUT2D eigenvalue weighted by Gasteiger charge is -2.11. The molecule has 0 bridgehead atoms. The summed E-state index contributed by atoms with van der Waals surface area (Å²) in [5.41, 5.74) is 2.95. The molecule has 0 spiro atoms. The van der Waals surface area contributed by atoms with Gasteiger partial charge in [0, 0.05) is 12.2 Å². The number of rotatable bonds is 7. The largest absolute Gasteiger partial charge is 0.491 e. The molecule has 0 saturated heterocycles. The Morgan fingerprint density at radius 3 is 2.37 bits per heavy atom. The van der Waals surface area contributed by atoms with Crippen LogP contribution < -0.4 is 15.4 Å². The maximum atomic E-state index is 12.4. The maximum absolute atomic E-state index is 12.4. The van der Waals surface area contributed by atoms with Gasteiger partial charge < -0.3 is 15.4 Å². The van der Waals surface area contributed by atoms with Crippen LogP contribution in [-0.4, -0.2) is 17.9 Å². The molecule has 1 saturated carbocycles. The van der Waals surface area contributed by atoms with Gasteiger partial charge in [-0.15, -0.1) is 0 Å². The van der Waals surface area contributed by atoms with Crippen LogP contribution in [0.5, 0.6) is 5.75 Å². The number of hydrogen-bond donors (Lipinski definition) is 2. The minimum atomic E-state index is -0.256. The van der Waals surface area contributed by atoms with Gasteiger partial charge in [-0.05, 0) is 62.6 Å². The lowest BCUT2D eigenvalue weighted by atomic mass is 10.1. The SMILES string of the molecule is Cc1ccccc1CNC(=O)C1CC1C(=O)Nc1ccc(OC(C)C)cc1. The summed E-state index contributed by atoms with van der Waals surface area (Å²) in [4.78, 5) is 24.7. The van der Waals surface area contributed by atoms with Crippen LogP contribution in [0.25, 0.3) is 0 Å². The third kappa shape index (κ3) is 5.09. The summed E-state index contributed by atoms with van der Waals surface area (Å²) in [5, 5.41) is 5.82. The fourth-order valence-electron chi connectivity index (χ4n) is 3.02. The average molecular weight is 366 g/mol. The first kappa shape index (κ1) is 19.0. The number of amides is 2. The zero-order valence-corrected chi connectivity index (χ0v) is 16.0. The van der Waals surface area contributed by atoms with Crippen molar-refractivity contribution in [2.24, 2.45) is 11.8 Å². The normalized spacial score (nSPS) is 18.1. The van der Waals surface area contributed by atoms with Crippen molar-refractivity contribution in [1.29, 1.82) is 0 Å². The van der Waals surface area contributed by atoms with Crippen LogP contribution in [0.1, 0.15) is 31.4 Å². The Morgan fingerprint density at radius 1 is 1.04 bits per heavy atom. The molecule has 2 amide bonds. The molecule has 1 aliphatic rings. The molecule has 5 nitrogen and oxygen atoms in total. The number of benzene rings is 2. The third-order valence-electron chi connectivity index (χ3n) is 4.67. The summed E-state index contributed by atoms with van der Waals surface area (Å²) in [6.45, 7) is 6.44. The molecule has 0 radical (unpaired) electrons. The summed E-state index contributed by atoms with van der Waals surface area (Å²) in [5.74, 6) is 0.108. The van der Waals surface area contributed by atoms with Gasteiger partial charge in [0.2, 0.25) is 11.8 Å². The molecule has 1 aliphatic carbocycles. The van der Waals surface area contributed by atoms with Crippen LogP contribution in [0.15, 0.2) is 48.5 Å². The van der Waals surface area contributed by atoms with Gasteiger partial charge in [-0.25, -0.2) is 0 Å². The number of carbonyl (C=O) groups is 2. The van der Waals surface area contributed by atoms with Gasteiger partial charge in [0.05, 0.1) is 17.9 Å². The Labute approximate surface area is 160 Å². The van der Waals surface area contributed by atoms with Crippen LogP contribution in [0.2, 0.25) is 0 Å². The molecule has 27 heavy (non-hydrogen) atoms. The van der Waals surface area contributed by atoms with E-state index >= 15 is 0 Å². The second-order valence-electron chi connectivity index (χ2n) is 7.27. The van der Waals surface area contributed by atoms with E-state index in [1.165, 1.54) is 0 Å². The quantitative estimate of drug-likeness (QED) is 0.786. The summed E-state index contributed by atoms with van der Waals surface area (Å²) >= 11 is 0. The molecule has 5 heteroatoms. The second kappa shape index (κ2) is 8.25. The van der Waals surface area contributed by atoms with Crippen LogP contribution in [0.4, 0.5) is 5.69 Å². The molecule has 3 rings (SSSR count). The number of carbonyl (C=O) groups excluding carboxylic acids is 2. The van der Waals surface area contributed by atoms with Crippen molar-refractivity contribution in [3.63, 3.8) is 0 Å². The van der Waals surface area contributed by atoms with Crippen molar-refractivity contribution in [2.75, 3.05) is 5.32 Å². The van der Waals surface area contributed by atoms with Gasteiger partial charge in [-0.3, -0.25) is 9.59 Å². The first-order valence-corrected chi connectivity index (χ1v) is 9.34. The van der Waals surface area contributed by atoms with Gasteiger partial charge in [-0.1, -0.05) is 24.3 Å². The molecule has 2 N–H and O–H groups in total. The second-order valence-corrected chi connectivity index (χ2v) is 7.27. The lowest BCUT2D eigenvalue weighted by Crippen LogP contribution is -2.27. The maximum Gasteiger partial charge on any atom is 0.228 e. The standard InChI is InChI=1S/C22H26N2O3/c1-14(2)27-18-10-8-17(9-11-18)24-22(26)20-12-19(20)21(25)23-13-16-7-5-4-6-15(16)3/h4-11,14,19-20H,12-13H2,1-3H3,(H,23,25)(H,24,26). The van der Waals surface area contributed by atoms with Crippen LogP contribution in [0, 0.1) is 18.8 Å². The lowest BCUT2D eigenvalue weighted by molar-refractivity contribution is -0.125. The summed E-state index contributed by atoms with van der Waals surface area (Å²) < 4.78 is 5.59. The van der Waals surface area contributed by atoms with Crippen LogP contribution in [-0.2, 0) is 16.1 Å². The van der Waals surface area contributed by atoms with Crippen molar-refractivity contribution in [3.05, 3.63) is 59.7 Å². The predicted octanol–water partition coefficient (Wildman–Crippen LogP) is 3.67. The highest BCUT2D eigenvalue weighted by atomic mass is 16.5. The Morgan fingerprint density at radius 2 is 1.70 bits per heavy atom. The fourth-order valence-corrected chi connectivity index (χ4v) is 3.02. The zero-order valence-electron chi connectivity index (χ0n) is 16.0. The molecule has 2 aromatic rings. The van der Waals surface area contributed by atoms with Crippen molar-refractivity contribution in [2.45, 2.75) is 39.8 Å². The Hall–Kier alpha value is -2.82. The summed E-state index contributed by atoms with van der Waals surface area (Å²) in [7, 11) is 0. The predicted molar refractivity (Wildman–Crippen MR) is 105 cm³/mol. The van der Waals surface area contributed by atoms with Crippen LogP contribution in [0.3, 0.4) is 0 Å². The highest BCUT2D eigenvalue weighted by Crippen LogP contribution is 2.39. The number of ether oxygens (including phenoxy) is 1. The highest BCUT2D eigenvalue weighted by molar-refractivity contribution is 5.99. The summed E-state index contributed by atoms with van der Waals surface area (Å²) in [6, 6.07) is 15.2. The van der Waals surface area contributed by atoms with Crippen molar-refractivity contribution in [3.8, 4) is 5.75 Å². The molecular weight excluding hydrogens is 340 g/mol. The molecule has 0 aromatic heterocycles. The molecule has 2 unspecified atom stereocenters. The molecule has 2 aromatic carbocycles. The number of aryl methyl sites for hydroxylation is 1. The molecule has 0 heterocycles. The minimum absolute atomic E-state index is 0.0564. The van der Waals surface area contributed by atoms with Crippen molar-refractivity contribution >= 4 is 17.5 Å². The topological polar surface area (TPSA) is 67.4 Å². The van der Waals surface area contributed by atoms with Gasteiger partial charge in [0.25, 0.3) is 0 Å². The Kier molecular flexibility index (Phi) is 5.79. The van der Waals surface area contributed by atoms with Gasteiger partial charge in [0.15, 0.2) is 0 Å². The Balaban J connectivity index is 1.47. The molecular formula is C22H26N2O3. The number of anilines is 1. The van der Waals surface area contributed by atoms with Gasteiger partial charge in [-0.2, -0.15) is 0 Å². The Bertz CT molecular complexity index is 815. The van der Waals surface area contributed by atoms with E-state index < -0.39 is 0 Å². The first-order valence-electron chi connectivity index (χ1n) is 9.34. The van der Waals surface area contributed by atoms with Crippen molar-refractivity contribution in [1.82, 2.24) is 5.32 Å². The van der Waals surface area contributed by atoms with Crippen molar-refractivity contribution < 1.29 is 14.3 Å². The van der Waals surface area contributed by atoms with E-state index in [9.17, 15) is 9.59 Å². The van der Waals surface area contributed by atoms with E-state index in [1.807, 2.05) is 69.3 Å². The highest BCUT2D eigenvalue weighted by Gasteiger charge is 2.47. The number of hydrogen-bond acceptors (Lipinski definition) is 3. The van der Waals surface area contributed by atoms with E-state index in [-0.39, 0.29) is 29.8 Å². The fraction of sp³-hybridized carbons (Fsp3) is 0.364. The van der Waals surface area contributed by atoms with Gasteiger partial charge in [0.1, 0.15) is 5.75 Å². The minimum Gasteiger partial charge on any atom is -0.491 e. The van der Waals surface area contributed by atoms with Crippen LogP contribution >= 0.6 is 0 Å². The third-order valence-corrected chi connectivity index (χ3v) is 4.67. The monoisotopic (exact) mass is 366 g/mol. The van der Waals surface area contributed by atoms with E-state index in [0.717, 1.165) is 16.9 Å². The van der Waals surface area contributed by atoms with E-state index in [4.69, 9.17) is 4.74 Å². The van der Waals surface area contributed by atoms with E-state index in [2.05, 4.69) is 10.6 Å². The molecule has 0 aliphatic heterocycles. The smallest absolute Gasteiger partial charge is 0.228 e.